The number of anilines is 5. The minimum absolute atomic E-state index is 0.120. The minimum Gasteiger partial charge on any atom is -0.339 e. The van der Waals surface area contributed by atoms with E-state index in [1.54, 1.807) is 0 Å². The standard InChI is InChI=1S/C17H16N6O/c1-12(24)19-14-8-5-9-15(10-14)20-16-11-18-23-17(22-16)21-13-6-3-2-4-7-13/h2-11H,1H3,(H,19,24)(H2,20,21,22,23). The predicted molar refractivity (Wildman–Crippen MR) is 93.6 cm³/mol. The maximum Gasteiger partial charge on any atom is 0.249 e. The van der Waals surface area contributed by atoms with E-state index in [2.05, 4.69) is 31.1 Å². The van der Waals surface area contributed by atoms with Crippen molar-refractivity contribution < 1.29 is 4.79 Å². The third-order valence-corrected chi connectivity index (χ3v) is 3.04. The van der Waals surface area contributed by atoms with Gasteiger partial charge in [-0.05, 0) is 30.3 Å². The Bertz CT molecular complexity index is 837. The zero-order valence-corrected chi connectivity index (χ0v) is 13.0. The van der Waals surface area contributed by atoms with Crippen LogP contribution in [0.3, 0.4) is 0 Å². The number of para-hydroxylation sites is 1. The first-order valence-electron chi connectivity index (χ1n) is 7.35. The van der Waals surface area contributed by atoms with Gasteiger partial charge in [-0.1, -0.05) is 24.3 Å². The number of nitrogens with zero attached hydrogens (tertiary/aromatic N) is 3. The Labute approximate surface area is 139 Å². The molecule has 3 N–H and O–H groups in total. The maximum absolute atomic E-state index is 11.1. The average Bonchev–Trinajstić information content (AvgIpc) is 2.56. The third kappa shape index (κ3) is 4.26. The molecule has 3 rings (SSSR count). The molecule has 0 saturated carbocycles. The lowest BCUT2D eigenvalue weighted by molar-refractivity contribution is -0.114. The lowest BCUT2D eigenvalue weighted by Crippen LogP contribution is -2.06. The number of aromatic nitrogens is 3. The molecular weight excluding hydrogens is 304 g/mol. The van der Waals surface area contributed by atoms with E-state index in [4.69, 9.17) is 0 Å². The van der Waals surface area contributed by atoms with Crippen LogP contribution in [0.5, 0.6) is 0 Å². The number of nitrogens with one attached hydrogen (secondary N) is 3. The van der Waals surface area contributed by atoms with E-state index in [-0.39, 0.29) is 5.91 Å². The molecule has 0 spiro atoms. The largest absolute Gasteiger partial charge is 0.339 e. The summed E-state index contributed by atoms with van der Waals surface area (Å²) in [5.41, 5.74) is 2.37. The van der Waals surface area contributed by atoms with E-state index >= 15 is 0 Å². The van der Waals surface area contributed by atoms with Crippen molar-refractivity contribution in [2.45, 2.75) is 6.92 Å². The highest BCUT2D eigenvalue weighted by molar-refractivity contribution is 5.89. The van der Waals surface area contributed by atoms with Crippen molar-refractivity contribution in [1.29, 1.82) is 0 Å². The van der Waals surface area contributed by atoms with Gasteiger partial charge in [0, 0.05) is 24.0 Å². The van der Waals surface area contributed by atoms with Crippen molar-refractivity contribution in [3.05, 3.63) is 60.8 Å². The smallest absolute Gasteiger partial charge is 0.249 e. The van der Waals surface area contributed by atoms with Crippen LogP contribution in [-0.2, 0) is 4.79 Å². The predicted octanol–water partition coefficient (Wildman–Crippen LogP) is 3.32. The topological polar surface area (TPSA) is 91.8 Å². The molecule has 3 aromatic rings. The van der Waals surface area contributed by atoms with Gasteiger partial charge in [0.05, 0.1) is 6.20 Å². The second-order valence-corrected chi connectivity index (χ2v) is 5.04. The van der Waals surface area contributed by atoms with E-state index in [9.17, 15) is 4.79 Å². The minimum atomic E-state index is -0.120. The first-order chi connectivity index (χ1) is 11.7. The molecule has 0 unspecified atom stereocenters. The molecule has 7 nitrogen and oxygen atoms in total. The van der Waals surface area contributed by atoms with Crippen LogP contribution in [0.1, 0.15) is 6.92 Å². The summed E-state index contributed by atoms with van der Waals surface area (Å²) in [6.45, 7) is 1.47. The first kappa shape index (κ1) is 15.4. The molecule has 2 aromatic carbocycles. The molecule has 7 heteroatoms. The Kier molecular flexibility index (Phi) is 4.62. The van der Waals surface area contributed by atoms with Gasteiger partial charge < -0.3 is 16.0 Å². The van der Waals surface area contributed by atoms with Gasteiger partial charge in [-0.2, -0.15) is 10.1 Å². The van der Waals surface area contributed by atoms with Crippen molar-refractivity contribution in [3.63, 3.8) is 0 Å². The molecule has 1 aromatic heterocycles. The lowest BCUT2D eigenvalue weighted by Gasteiger charge is -2.09. The van der Waals surface area contributed by atoms with Gasteiger partial charge in [-0.3, -0.25) is 4.79 Å². The van der Waals surface area contributed by atoms with E-state index in [1.807, 2.05) is 54.6 Å². The molecule has 0 aliphatic heterocycles. The van der Waals surface area contributed by atoms with E-state index in [0.717, 1.165) is 11.4 Å². The van der Waals surface area contributed by atoms with Crippen LogP contribution in [0.25, 0.3) is 0 Å². The van der Waals surface area contributed by atoms with Crippen LogP contribution >= 0.6 is 0 Å². The van der Waals surface area contributed by atoms with Crippen LogP contribution in [0.4, 0.5) is 28.8 Å². The van der Waals surface area contributed by atoms with Gasteiger partial charge in [0.2, 0.25) is 11.9 Å². The van der Waals surface area contributed by atoms with E-state index < -0.39 is 0 Å². The van der Waals surface area contributed by atoms with Gasteiger partial charge in [-0.25, -0.2) is 0 Å². The number of benzene rings is 2. The molecule has 0 aliphatic carbocycles. The number of hydrogen-bond acceptors (Lipinski definition) is 6. The summed E-state index contributed by atoms with van der Waals surface area (Å²) < 4.78 is 0. The number of carbonyl (C=O) groups is 1. The summed E-state index contributed by atoms with van der Waals surface area (Å²) in [6.07, 6.45) is 1.53. The van der Waals surface area contributed by atoms with Crippen LogP contribution in [-0.4, -0.2) is 21.1 Å². The molecule has 0 aliphatic rings. The second kappa shape index (κ2) is 7.19. The summed E-state index contributed by atoms with van der Waals surface area (Å²) in [6, 6.07) is 17.0. The van der Waals surface area contributed by atoms with Gasteiger partial charge >= 0.3 is 0 Å². The van der Waals surface area contributed by atoms with Crippen molar-refractivity contribution in [1.82, 2.24) is 15.2 Å². The van der Waals surface area contributed by atoms with Crippen molar-refractivity contribution in [2.24, 2.45) is 0 Å². The number of carbonyl (C=O) groups excluding carboxylic acids is 1. The molecule has 1 amide bonds. The van der Waals surface area contributed by atoms with E-state index in [1.165, 1.54) is 13.1 Å². The van der Waals surface area contributed by atoms with Crippen LogP contribution in [0.2, 0.25) is 0 Å². The number of hydrogen-bond donors (Lipinski definition) is 3. The Balaban J connectivity index is 1.74. The molecular formula is C17H16N6O. The number of rotatable bonds is 5. The molecule has 1 heterocycles. The molecule has 0 saturated heterocycles. The molecule has 0 bridgehead atoms. The van der Waals surface area contributed by atoms with Crippen molar-refractivity contribution in [2.75, 3.05) is 16.0 Å². The Morgan fingerprint density at radius 1 is 0.917 bits per heavy atom. The second-order valence-electron chi connectivity index (χ2n) is 5.04. The quantitative estimate of drug-likeness (QED) is 0.668. The van der Waals surface area contributed by atoms with Crippen molar-refractivity contribution >= 4 is 34.7 Å². The Morgan fingerprint density at radius 3 is 2.46 bits per heavy atom. The van der Waals surface area contributed by atoms with Gasteiger partial charge in [-0.15, -0.1) is 5.10 Å². The fourth-order valence-corrected chi connectivity index (χ4v) is 2.09. The highest BCUT2D eigenvalue weighted by atomic mass is 16.1. The van der Waals surface area contributed by atoms with Gasteiger partial charge in [0.1, 0.15) is 0 Å². The fourth-order valence-electron chi connectivity index (χ4n) is 2.09. The maximum atomic E-state index is 11.1. The molecule has 0 fully saturated rings. The lowest BCUT2D eigenvalue weighted by atomic mass is 10.2. The Morgan fingerprint density at radius 2 is 1.67 bits per heavy atom. The highest BCUT2D eigenvalue weighted by Gasteiger charge is 2.03. The summed E-state index contributed by atoms with van der Waals surface area (Å²) >= 11 is 0. The average molecular weight is 320 g/mol. The fraction of sp³-hybridized carbons (Fsp3) is 0.0588. The van der Waals surface area contributed by atoms with E-state index in [0.29, 0.717) is 17.5 Å². The SMILES string of the molecule is CC(=O)Nc1cccc(Nc2cnnc(Nc3ccccc3)n2)c1. The Hall–Kier alpha value is -3.48. The summed E-state index contributed by atoms with van der Waals surface area (Å²) in [5.74, 6) is 0.817. The third-order valence-electron chi connectivity index (χ3n) is 3.04. The van der Waals surface area contributed by atoms with Gasteiger partial charge in [0.15, 0.2) is 5.82 Å². The highest BCUT2D eigenvalue weighted by Crippen LogP contribution is 2.19. The first-order valence-corrected chi connectivity index (χ1v) is 7.35. The van der Waals surface area contributed by atoms with Gasteiger partial charge in [0.25, 0.3) is 0 Å². The monoisotopic (exact) mass is 320 g/mol. The van der Waals surface area contributed by atoms with Crippen molar-refractivity contribution in [3.8, 4) is 0 Å². The molecule has 0 radical (unpaired) electrons. The zero-order valence-electron chi connectivity index (χ0n) is 13.0. The van der Waals surface area contributed by atoms with Crippen LogP contribution < -0.4 is 16.0 Å². The molecule has 0 atom stereocenters. The van der Waals surface area contributed by atoms with Crippen LogP contribution in [0, 0.1) is 0 Å². The summed E-state index contributed by atoms with van der Waals surface area (Å²) in [4.78, 5) is 15.5. The normalized spacial score (nSPS) is 10.0. The molecule has 120 valence electrons. The zero-order chi connectivity index (χ0) is 16.8. The number of amides is 1. The molecule has 24 heavy (non-hydrogen) atoms. The summed E-state index contributed by atoms with van der Waals surface area (Å²) in [7, 11) is 0. The van der Waals surface area contributed by atoms with Crippen LogP contribution in [0.15, 0.2) is 60.8 Å². The summed E-state index contributed by atoms with van der Waals surface area (Å²) in [5, 5.41) is 16.9.